The second kappa shape index (κ2) is 8.70. The van der Waals surface area contributed by atoms with Crippen molar-refractivity contribution in [3.05, 3.63) is 65.5 Å². The average Bonchev–Trinajstić information content (AvgIpc) is 3.42. The number of rotatable bonds is 6. The molecule has 0 aliphatic carbocycles. The molecule has 0 bridgehead atoms. The normalized spacial score (nSPS) is 17.8. The molecule has 10 heteroatoms. The molecule has 2 aliphatic heterocycles. The Kier molecular flexibility index (Phi) is 5.59. The number of para-hydroxylation sites is 1. The van der Waals surface area contributed by atoms with Crippen LogP contribution in [0.5, 0.6) is 5.75 Å². The van der Waals surface area contributed by atoms with Gasteiger partial charge in [-0.05, 0) is 36.2 Å². The maximum Gasteiger partial charge on any atom is 0.255 e. The molecule has 168 valence electrons. The van der Waals surface area contributed by atoms with Crippen molar-refractivity contribution < 1.29 is 19.1 Å². The number of carbonyl (C=O) groups is 3. The van der Waals surface area contributed by atoms with E-state index >= 15 is 0 Å². The van der Waals surface area contributed by atoms with Crippen molar-refractivity contribution >= 4 is 29.5 Å². The molecule has 2 aromatic carbocycles. The molecule has 1 N–H and O–H groups in total. The first-order valence-electron chi connectivity index (χ1n) is 10.5. The predicted octanol–water partition coefficient (Wildman–Crippen LogP) is 2.33. The Balaban J connectivity index is 1.31. The van der Waals surface area contributed by atoms with Gasteiger partial charge in [0.2, 0.25) is 11.8 Å². The lowest BCUT2D eigenvalue weighted by molar-refractivity contribution is -0.136. The van der Waals surface area contributed by atoms with Gasteiger partial charge in [-0.25, -0.2) is 4.68 Å². The molecule has 1 atom stereocenters. The van der Waals surface area contributed by atoms with E-state index in [1.807, 2.05) is 42.6 Å². The van der Waals surface area contributed by atoms with Crippen molar-refractivity contribution in [2.24, 2.45) is 0 Å². The molecule has 5 rings (SSSR count). The number of methoxy groups -OCH3 is 1. The number of ether oxygens (including phenoxy) is 1. The number of aromatic nitrogens is 3. The Hall–Kier alpha value is -3.66. The summed E-state index contributed by atoms with van der Waals surface area (Å²) in [6, 6.07) is 12.7. The van der Waals surface area contributed by atoms with Crippen LogP contribution in [0, 0.1) is 0 Å². The number of benzene rings is 2. The number of thioether (sulfide) groups is 1. The first kappa shape index (κ1) is 21.2. The monoisotopic (exact) mass is 463 g/mol. The van der Waals surface area contributed by atoms with Gasteiger partial charge in [-0.15, -0.1) is 16.9 Å². The molecular weight excluding hydrogens is 442 g/mol. The number of carbonyl (C=O) groups excluding carboxylic acids is 3. The third-order valence-electron chi connectivity index (χ3n) is 5.76. The summed E-state index contributed by atoms with van der Waals surface area (Å²) in [5.74, 6) is 0.503. The lowest BCUT2D eigenvalue weighted by Crippen LogP contribution is -2.52. The molecule has 3 aromatic rings. The Bertz CT molecular complexity index is 1260. The summed E-state index contributed by atoms with van der Waals surface area (Å²) in [6.07, 6.45) is 2.41. The fraction of sp³-hybridized carbons (Fsp3) is 0.261. The minimum absolute atomic E-state index is 0.214. The third kappa shape index (κ3) is 4.09. The van der Waals surface area contributed by atoms with Gasteiger partial charge < -0.3 is 9.64 Å². The zero-order valence-electron chi connectivity index (χ0n) is 17.9. The zero-order valence-corrected chi connectivity index (χ0v) is 18.7. The summed E-state index contributed by atoms with van der Waals surface area (Å²) in [5.41, 5.74) is 2.90. The lowest BCUT2D eigenvalue weighted by Gasteiger charge is -2.29. The maximum atomic E-state index is 13.0. The van der Waals surface area contributed by atoms with Gasteiger partial charge in [0, 0.05) is 29.2 Å². The SMILES string of the molecule is COc1ccccc1SCc1cn(-c2ccc3c(c2)C(=O)N(C2CCC(=O)NC2=O)C3)nn1. The number of hydrogen-bond acceptors (Lipinski definition) is 7. The predicted molar refractivity (Wildman–Crippen MR) is 120 cm³/mol. The Labute approximate surface area is 194 Å². The van der Waals surface area contributed by atoms with Crippen molar-refractivity contribution in [2.45, 2.75) is 36.1 Å². The van der Waals surface area contributed by atoms with Crippen molar-refractivity contribution in [2.75, 3.05) is 7.11 Å². The highest BCUT2D eigenvalue weighted by atomic mass is 32.2. The van der Waals surface area contributed by atoms with Gasteiger partial charge in [-0.2, -0.15) is 0 Å². The molecule has 1 aromatic heterocycles. The molecule has 3 heterocycles. The van der Waals surface area contributed by atoms with Crippen LogP contribution in [0.1, 0.15) is 34.5 Å². The van der Waals surface area contributed by atoms with Gasteiger partial charge in [0.05, 0.1) is 24.7 Å². The van der Waals surface area contributed by atoms with Crippen LogP contribution in [0.25, 0.3) is 5.69 Å². The minimum atomic E-state index is -0.629. The number of amides is 3. The van der Waals surface area contributed by atoms with E-state index in [0.29, 0.717) is 30.0 Å². The molecule has 1 unspecified atom stereocenters. The summed E-state index contributed by atoms with van der Waals surface area (Å²) >= 11 is 1.61. The van der Waals surface area contributed by atoms with Crippen LogP contribution in [0.4, 0.5) is 0 Å². The molecule has 2 aliphatic rings. The summed E-state index contributed by atoms with van der Waals surface area (Å²) in [4.78, 5) is 39.2. The molecule has 1 fully saturated rings. The summed E-state index contributed by atoms with van der Waals surface area (Å²) in [6.45, 7) is 0.346. The second-order valence-corrected chi connectivity index (χ2v) is 8.85. The van der Waals surface area contributed by atoms with Gasteiger partial charge in [0.25, 0.3) is 5.91 Å². The fourth-order valence-corrected chi connectivity index (χ4v) is 4.97. The summed E-state index contributed by atoms with van der Waals surface area (Å²) < 4.78 is 7.02. The minimum Gasteiger partial charge on any atom is -0.496 e. The lowest BCUT2D eigenvalue weighted by atomic mass is 10.0. The van der Waals surface area contributed by atoms with Crippen molar-refractivity contribution in [1.82, 2.24) is 25.2 Å². The number of nitrogens with zero attached hydrogens (tertiary/aromatic N) is 4. The Morgan fingerprint density at radius 3 is 2.85 bits per heavy atom. The largest absolute Gasteiger partial charge is 0.496 e. The van der Waals surface area contributed by atoms with Gasteiger partial charge in [0.15, 0.2) is 0 Å². The van der Waals surface area contributed by atoms with Gasteiger partial charge in [0.1, 0.15) is 11.8 Å². The highest BCUT2D eigenvalue weighted by Gasteiger charge is 2.39. The quantitative estimate of drug-likeness (QED) is 0.442. The highest BCUT2D eigenvalue weighted by molar-refractivity contribution is 7.98. The van der Waals surface area contributed by atoms with Crippen molar-refractivity contribution in [3.8, 4) is 11.4 Å². The number of fused-ring (bicyclic) bond motifs is 1. The summed E-state index contributed by atoms with van der Waals surface area (Å²) in [5, 5.41) is 10.8. The molecule has 3 amide bonds. The zero-order chi connectivity index (χ0) is 22.9. The van der Waals surface area contributed by atoms with E-state index in [-0.39, 0.29) is 18.2 Å². The van der Waals surface area contributed by atoms with E-state index < -0.39 is 11.9 Å². The second-order valence-electron chi connectivity index (χ2n) is 7.84. The highest BCUT2D eigenvalue weighted by Crippen LogP contribution is 2.31. The van der Waals surface area contributed by atoms with Crippen molar-refractivity contribution in [1.29, 1.82) is 0 Å². The van der Waals surface area contributed by atoms with E-state index in [1.165, 1.54) is 4.90 Å². The van der Waals surface area contributed by atoms with Gasteiger partial charge >= 0.3 is 0 Å². The van der Waals surface area contributed by atoms with Crippen LogP contribution in [-0.4, -0.2) is 50.8 Å². The van der Waals surface area contributed by atoms with E-state index in [1.54, 1.807) is 29.6 Å². The third-order valence-corrected chi connectivity index (χ3v) is 6.85. The number of piperidine rings is 1. The van der Waals surface area contributed by atoms with Crippen LogP contribution in [-0.2, 0) is 21.9 Å². The summed E-state index contributed by atoms with van der Waals surface area (Å²) in [7, 11) is 1.64. The van der Waals surface area contributed by atoms with E-state index in [2.05, 4.69) is 15.6 Å². The van der Waals surface area contributed by atoms with E-state index in [4.69, 9.17) is 4.74 Å². The van der Waals surface area contributed by atoms with Crippen LogP contribution < -0.4 is 10.1 Å². The Morgan fingerprint density at radius 2 is 2.03 bits per heavy atom. The van der Waals surface area contributed by atoms with Gasteiger partial charge in [-0.1, -0.05) is 23.4 Å². The number of hydrogen-bond donors (Lipinski definition) is 1. The fourth-order valence-electron chi connectivity index (χ4n) is 4.07. The van der Waals surface area contributed by atoms with Crippen molar-refractivity contribution in [3.63, 3.8) is 0 Å². The maximum absolute atomic E-state index is 13.0. The molecule has 1 saturated heterocycles. The average molecular weight is 464 g/mol. The van der Waals surface area contributed by atoms with Crippen LogP contribution in [0.3, 0.4) is 0 Å². The first-order valence-corrected chi connectivity index (χ1v) is 11.5. The van der Waals surface area contributed by atoms with E-state index in [0.717, 1.165) is 21.9 Å². The number of imide groups is 1. The molecule has 0 spiro atoms. The van der Waals surface area contributed by atoms with Crippen LogP contribution in [0.2, 0.25) is 0 Å². The smallest absolute Gasteiger partial charge is 0.255 e. The molecule has 9 nitrogen and oxygen atoms in total. The van der Waals surface area contributed by atoms with Gasteiger partial charge in [-0.3, -0.25) is 19.7 Å². The topological polar surface area (TPSA) is 106 Å². The van der Waals surface area contributed by atoms with Crippen LogP contribution >= 0.6 is 11.8 Å². The molecular formula is C23H21N5O4S. The standard InChI is InChI=1S/C23H21N5O4S/c1-32-19-4-2-3-5-20(19)33-13-15-12-28(26-25-15)16-7-6-14-11-27(23(31)17(14)10-16)18-8-9-21(29)24-22(18)30/h2-7,10,12,18H,8-9,11,13H2,1H3,(H,24,29,30). The molecule has 0 radical (unpaired) electrons. The first-order chi connectivity index (χ1) is 16.0. The molecule has 33 heavy (non-hydrogen) atoms. The molecule has 0 saturated carbocycles. The number of nitrogens with one attached hydrogen (secondary N) is 1. The Morgan fingerprint density at radius 1 is 1.18 bits per heavy atom. The van der Waals surface area contributed by atoms with Crippen LogP contribution in [0.15, 0.2) is 53.6 Å². The van der Waals surface area contributed by atoms with E-state index in [9.17, 15) is 14.4 Å².